The minimum atomic E-state index is -0.648. The van der Waals surface area contributed by atoms with Gasteiger partial charge in [0.2, 0.25) is 0 Å². The van der Waals surface area contributed by atoms with Crippen molar-refractivity contribution >= 4 is 51.7 Å². The molecule has 160 valence electrons. The molecule has 0 N–H and O–H groups in total. The van der Waals surface area contributed by atoms with Gasteiger partial charge in [0.25, 0.3) is 0 Å². The van der Waals surface area contributed by atoms with Gasteiger partial charge in [-0.25, -0.2) is 4.98 Å². The first-order chi connectivity index (χ1) is 14.1. The minimum absolute atomic E-state index is 0. The standard InChI is InChI=1S/C22H22BrClN2O2S.ClH/c23-18-3-7-21(8-4-18)29-14-20-13-27-22(28-20,15-26-12-11-25-16-26)10-9-17-1-5-19(24)6-2-17;/h1-8,11-12,16,20H,9-10,13-15H2;1H. The van der Waals surface area contributed by atoms with Crippen molar-refractivity contribution < 1.29 is 9.47 Å². The number of rotatable bonds is 8. The fourth-order valence-corrected chi connectivity index (χ4v) is 4.62. The molecule has 2 heterocycles. The second-order valence-corrected chi connectivity index (χ2v) is 9.53. The van der Waals surface area contributed by atoms with Crippen LogP contribution in [0.2, 0.25) is 5.02 Å². The first kappa shape index (κ1) is 23.6. The summed E-state index contributed by atoms with van der Waals surface area (Å²) in [5.74, 6) is 0.208. The second kappa shape index (κ2) is 11.0. The van der Waals surface area contributed by atoms with Crippen LogP contribution >= 0.6 is 51.7 Å². The Morgan fingerprint density at radius 3 is 2.63 bits per heavy atom. The summed E-state index contributed by atoms with van der Waals surface area (Å²) >= 11 is 11.3. The van der Waals surface area contributed by atoms with Crippen LogP contribution in [0.3, 0.4) is 0 Å². The maximum absolute atomic E-state index is 6.49. The molecule has 4 rings (SSSR count). The molecule has 0 saturated carbocycles. The molecule has 1 fully saturated rings. The van der Waals surface area contributed by atoms with E-state index < -0.39 is 5.79 Å². The summed E-state index contributed by atoms with van der Waals surface area (Å²) < 4.78 is 15.9. The highest BCUT2D eigenvalue weighted by molar-refractivity contribution is 9.10. The highest BCUT2D eigenvalue weighted by atomic mass is 79.9. The number of nitrogens with zero attached hydrogens (tertiary/aromatic N) is 2. The van der Waals surface area contributed by atoms with Crippen molar-refractivity contribution in [2.45, 2.75) is 36.2 Å². The van der Waals surface area contributed by atoms with Gasteiger partial charge in [-0.1, -0.05) is 39.7 Å². The van der Waals surface area contributed by atoms with Crippen molar-refractivity contribution in [3.63, 3.8) is 0 Å². The average Bonchev–Trinajstić information content (AvgIpc) is 3.38. The van der Waals surface area contributed by atoms with Gasteiger partial charge in [0.1, 0.15) is 0 Å². The number of hydrogen-bond acceptors (Lipinski definition) is 4. The third-order valence-electron chi connectivity index (χ3n) is 4.85. The van der Waals surface area contributed by atoms with E-state index in [0.29, 0.717) is 13.2 Å². The molecule has 1 aliphatic heterocycles. The van der Waals surface area contributed by atoms with Crippen LogP contribution in [0.15, 0.2) is 76.6 Å². The van der Waals surface area contributed by atoms with Crippen molar-refractivity contribution in [3.8, 4) is 0 Å². The lowest BCUT2D eigenvalue weighted by molar-refractivity contribution is -0.180. The maximum Gasteiger partial charge on any atom is 0.187 e. The molecule has 2 aromatic carbocycles. The average molecular weight is 530 g/mol. The Morgan fingerprint density at radius 2 is 1.93 bits per heavy atom. The van der Waals surface area contributed by atoms with Gasteiger partial charge in [-0.15, -0.1) is 24.2 Å². The normalized spacial score (nSPS) is 20.8. The van der Waals surface area contributed by atoms with Crippen LogP contribution in [0, 0.1) is 0 Å². The Kier molecular flexibility index (Phi) is 8.69. The van der Waals surface area contributed by atoms with Gasteiger partial charge in [-0.05, 0) is 48.4 Å². The van der Waals surface area contributed by atoms with Crippen LogP contribution in [0.25, 0.3) is 0 Å². The Labute approximate surface area is 200 Å². The van der Waals surface area contributed by atoms with Gasteiger partial charge >= 0.3 is 0 Å². The molecule has 1 saturated heterocycles. The van der Waals surface area contributed by atoms with Crippen LogP contribution in [0.1, 0.15) is 12.0 Å². The highest BCUT2D eigenvalue weighted by Crippen LogP contribution is 2.33. The van der Waals surface area contributed by atoms with E-state index in [4.69, 9.17) is 21.1 Å². The van der Waals surface area contributed by atoms with Gasteiger partial charge in [-0.2, -0.15) is 0 Å². The fourth-order valence-electron chi connectivity index (χ4n) is 3.36. The van der Waals surface area contributed by atoms with E-state index >= 15 is 0 Å². The lowest BCUT2D eigenvalue weighted by atomic mass is 10.0. The molecule has 2 unspecified atom stereocenters. The molecule has 4 nitrogen and oxygen atoms in total. The van der Waals surface area contributed by atoms with Crippen molar-refractivity contribution in [1.29, 1.82) is 0 Å². The van der Waals surface area contributed by atoms with Crippen molar-refractivity contribution in [2.24, 2.45) is 0 Å². The molecule has 30 heavy (non-hydrogen) atoms. The van der Waals surface area contributed by atoms with Crippen LogP contribution in [-0.2, 0) is 22.4 Å². The first-order valence-corrected chi connectivity index (χ1v) is 11.7. The molecule has 1 aliphatic rings. The van der Waals surface area contributed by atoms with Crippen LogP contribution in [0.4, 0.5) is 0 Å². The molecule has 0 amide bonds. The molecule has 0 aliphatic carbocycles. The van der Waals surface area contributed by atoms with E-state index in [1.54, 1.807) is 24.3 Å². The largest absolute Gasteiger partial charge is 0.345 e. The Bertz CT molecular complexity index is 910. The quantitative estimate of drug-likeness (QED) is 0.323. The summed E-state index contributed by atoms with van der Waals surface area (Å²) in [4.78, 5) is 5.38. The maximum atomic E-state index is 6.49. The van der Waals surface area contributed by atoms with E-state index in [1.807, 2.05) is 22.9 Å². The third kappa shape index (κ3) is 6.49. The second-order valence-electron chi connectivity index (χ2n) is 7.09. The number of thioether (sulfide) groups is 1. The van der Waals surface area contributed by atoms with E-state index in [1.165, 1.54) is 10.5 Å². The Morgan fingerprint density at radius 1 is 1.17 bits per heavy atom. The molecule has 2 atom stereocenters. The van der Waals surface area contributed by atoms with Crippen molar-refractivity contribution in [2.75, 3.05) is 12.4 Å². The van der Waals surface area contributed by atoms with E-state index in [0.717, 1.165) is 28.1 Å². The number of benzene rings is 2. The molecular weight excluding hydrogens is 507 g/mol. The predicted molar refractivity (Wildman–Crippen MR) is 128 cm³/mol. The van der Waals surface area contributed by atoms with Crippen molar-refractivity contribution in [3.05, 3.63) is 82.3 Å². The summed E-state index contributed by atoms with van der Waals surface area (Å²) in [6, 6.07) is 16.3. The number of aromatic nitrogens is 2. The summed E-state index contributed by atoms with van der Waals surface area (Å²) in [5, 5.41) is 0.750. The van der Waals surface area contributed by atoms with Gasteiger partial charge in [0, 0.05) is 39.0 Å². The van der Waals surface area contributed by atoms with E-state index in [2.05, 4.69) is 57.3 Å². The molecule has 0 bridgehead atoms. The monoisotopic (exact) mass is 528 g/mol. The van der Waals surface area contributed by atoms with Crippen LogP contribution < -0.4 is 0 Å². The topological polar surface area (TPSA) is 36.3 Å². The molecule has 0 radical (unpaired) electrons. The molecule has 1 aromatic heterocycles. The SMILES string of the molecule is Cl.Clc1ccc(CCC2(Cn3ccnc3)OCC(CSc3ccc(Br)cc3)O2)cc1. The zero-order chi connectivity index (χ0) is 20.1. The van der Waals surface area contributed by atoms with Gasteiger partial charge in [0.05, 0.1) is 25.6 Å². The number of hydrogen-bond donors (Lipinski definition) is 0. The van der Waals surface area contributed by atoms with Crippen LogP contribution in [-0.4, -0.2) is 33.8 Å². The van der Waals surface area contributed by atoms with Gasteiger partial charge in [0.15, 0.2) is 5.79 Å². The van der Waals surface area contributed by atoms with Gasteiger partial charge < -0.3 is 14.0 Å². The number of imidazole rings is 1. The first-order valence-electron chi connectivity index (χ1n) is 9.51. The Hall–Kier alpha value is -1.02. The molecular formula is C22H23BrCl2N2O2S. The molecule has 0 spiro atoms. The van der Waals surface area contributed by atoms with Gasteiger partial charge in [-0.3, -0.25) is 0 Å². The Balaban J connectivity index is 0.00000256. The number of ether oxygens (including phenoxy) is 2. The smallest absolute Gasteiger partial charge is 0.187 e. The van der Waals surface area contributed by atoms with E-state index in [-0.39, 0.29) is 18.5 Å². The summed E-state index contributed by atoms with van der Waals surface area (Å²) in [6.45, 7) is 1.22. The van der Waals surface area contributed by atoms with Crippen molar-refractivity contribution in [1.82, 2.24) is 9.55 Å². The molecule has 8 heteroatoms. The summed E-state index contributed by atoms with van der Waals surface area (Å²) in [6.07, 6.45) is 7.21. The number of aryl methyl sites for hydroxylation is 1. The number of halogens is 3. The summed E-state index contributed by atoms with van der Waals surface area (Å²) in [7, 11) is 0. The zero-order valence-electron chi connectivity index (χ0n) is 16.2. The summed E-state index contributed by atoms with van der Waals surface area (Å²) in [5.41, 5.74) is 1.22. The fraction of sp³-hybridized carbons (Fsp3) is 0.318. The minimum Gasteiger partial charge on any atom is -0.345 e. The zero-order valence-corrected chi connectivity index (χ0v) is 20.2. The van der Waals surface area contributed by atoms with E-state index in [9.17, 15) is 0 Å². The molecule has 3 aromatic rings. The highest BCUT2D eigenvalue weighted by Gasteiger charge is 2.41. The van der Waals surface area contributed by atoms with Crippen LogP contribution in [0.5, 0.6) is 0 Å². The lowest BCUT2D eigenvalue weighted by Gasteiger charge is -2.28. The third-order valence-corrected chi connectivity index (χ3v) is 6.78. The lowest BCUT2D eigenvalue weighted by Crippen LogP contribution is -2.37. The predicted octanol–water partition coefficient (Wildman–Crippen LogP) is 6.26.